The minimum absolute atomic E-state index is 0.124. The summed E-state index contributed by atoms with van der Waals surface area (Å²) in [6.07, 6.45) is 1.62. The number of ether oxygens (including phenoxy) is 1. The zero-order valence-corrected chi connectivity index (χ0v) is 16.8. The average molecular weight is 440 g/mol. The first-order chi connectivity index (χ1) is 13.2. The second-order valence-electron chi connectivity index (χ2n) is 6.46. The highest BCUT2D eigenvalue weighted by atomic mass is 32.2. The van der Waals surface area contributed by atoms with Gasteiger partial charge >= 0.3 is 17.4 Å². The molecule has 164 valence electrons. The third-order valence-electron chi connectivity index (χ3n) is 2.61. The molecule has 0 radical (unpaired) electrons. The molecule has 0 saturated carbocycles. The van der Waals surface area contributed by atoms with Crippen LogP contribution < -0.4 is 10.1 Å². The molecule has 1 unspecified atom stereocenters. The van der Waals surface area contributed by atoms with Crippen molar-refractivity contribution in [3.05, 3.63) is 30.5 Å². The van der Waals surface area contributed by atoms with Crippen molar-refractivity contribution in [2.24, 2.45) is 0 Å². The van der Waals surface area contributed by atoms with Gasteiger partial charge in [-0.3, -0.25) is 0 Å². The standard InChI is InChI=1S/C13H19F3N2O2S.C4H4O4/c1-12(2,3)18-7-9(19)8-20-11-10(5-4-6-17-11)21-13(14,15)16;5-3(6)1-2-4(7)8/h4-6,9,18-19H,7-8H2,1-3H3;1-2H,(H,5,6)(H,7,8)/b;2-1-. The monoisotopic (exact) mass is 440 g/mol. The van der Waals surface area contributed by atoms with Crippen LogP contribution in [0.3, 0.4) is 0 Å². The fourth-order valence-corrected chi connectivity index (χ4v) is 2.08. The van der Waals surface area contributed by atoms with Crippen LogP contribution in [-0.2, 0) is 9.59 Å². The van der Waals surface area contributed by atoms with Gasteiger partial charge in [0.25, 0.3) is 0 Å². The van der Waals surface area contributed by atoms with E-state index in [1.54, 1.807) is 0 Å². The van der Waals surface area contributed by atoms with Crippen LogP contribution in [0.4, 0.5) is 13.2 Å². The Morgan fingerprint density at radius 2 is 1.79 bits per heavy atom. The number of hydrogen-bond donors (Lipinski definition) is 4. The molecule has 1 atom stereocenters. The minimum Gasteiger partial charge on any atom is -0.478 e. The van der Waals surface area contributed by atoms with Crippen LogP contribution in [0.2, 0.25) is 0 Å². The average Bonchev–Trinajstić information content (AvgIpc) is 2.56. The van der Waals surface area contributed by atoms with E-state index in [2.05, 4.69) is 10.3 Å². The molecular weight excluding hydrogens is 417 g/mol. The molecule has 0 aliphatic rings. The van der Waals surface area contributed by atoms with Crippen molar-refractivity contribution in [1.82, 2.24) is 10.3 Å². The van der Waals surface area contributed by atoms with Gasteiger partial charge < -0.3 is 25.4 Å². The molecule has 0 bridgehead atoms. The van der Waals surface area contributed by atoms with E-state index < -0.39 is 23.6 Å². The van der Waals surface area contributed by atoms with Gasteiger partial charge in [0.15, 0.2) is 0 Å². The van der Waals surface area contributed by atoms with Crippen LogP contribution in [0.15, 0.2) is 35.4 Å². The van der Waals surface area contributed by atoms with Crippen molar-refractivity contribution in [3.63, 3.8) is 0 Å². The Balaban J connectivity index is 0.000000828. The van der Waals surface area contributed by atoms with Crippen molar-refractivity contribution in [2.75, 3.05) is 13.2 Å². The van der Waals surface area contributed by atoms with E-state index in [1.165, 1.54) is 18.3 Å². The van der Waals surface area contributed by atoms with Gasteiger partial charge in [-0.15, -0.1) is 0 Å². The first kappa shape index (κ1) is 26.7. The summed E-state index contributed by atoms with van der Waals surface area (Å²) < 4.78 is 42.4. The Morgan fingerprint density at radius 3 is 2.24 bits per heavy atom. The summed E-state index contributed by atoms with van der Waals surface area (Å²) in [5, 5.41) is 28.5. The maximum atomic E-state index is 12.4. The van der Waals surface area contributed by atoms with Gasteiger partial charge in [0.2, 0.25) is 5.88 Å². The molecule has 0 amide bonds. The summed E-state index contributed by atoms with van der Waals surface area (Å²) in [6, 6.07) is 2.68. The van der Waals surface area contributed by atoms with E-state index in [0.717, 1.165) is 0 Å². The van der Waals surface area contributed by atoms with E-state index in [1.807, 2.05) is 20.8 Å². The molecule has 1 rings (SSSR count). The number of halogens is 3. The lowest BCUT2D eigenvalue weighted by molar-refractivity contribution is -0.134. The van der Waals surface area contributed by atoms with Crippen molar-refractivity contribution >= 4 is 23.7 Å². The number of aliphatic hydroxyl groups excluding tert-OH is 1. The van der Waals surface area contributed by atoms with Crippen LogP contribution in [0.5, 0.6) is 5.88 Å². The molecule has 12 heteroatoms. The molecule has 0 spiro atoms. The van der Waals surface area contributed by atoms with Gasteiger partial charge in [0.05, 0.1) is 4.90 Å². The molecule has 1 heterocycles. The normalized spacial score (nSPS) is 12.8. The van der Waals surface area contributed by atoms with Crippen LogP contribution in [0.25, 0.3) is 0 Å². The number of carboxylic acid groups (broad SMARTS) is 2. The van der Waals surface area contributed by atoms with Crippen molar-refractivity contribution in [3.8, 4) is 5.88 Å². The lowest BCUT2D eigenvalue weighted by Gasteiger charge is -2.23. The highest BCUT2D eigenvalue weighted by molar-refractivity contribution is 8.00. The first-order valence-electron chi connectivity index (χ1n) is 8.10. The van der Waals surface area contributed by atoms with Crippen molar-refractivity contribution in [1.29, 1.82) is 0 Å². The smallest absolute Gasteiger partial charge is 0.446 e. The SMILES string of the molecule is CC(C)(C)NCC(O)COc1ncccc1SC(F)(F)F.O=C(O)/C=C\C(=O)O. The van der Waals surface area contributed by atoms with Gasteiger partial charge in [-0.25, -0.2) is 14.6 Å². The molecule has 0 saturated heterocycles. The first-order valence-corrected chi connectivity index (χ1v) is 8.92. The van der Waals surface area contributed by atoms with E-state index in [0.29, 0.717) is 12.2 Å². The summed E-state index contributed by atoms with van der Waals surface area (Å²) in [5.74, 6) is -2.64. The molecule has 29 heavy (non-hydrogen) atoms. The van der Waals surface area contributed by atoms with E-state index >= 15 is 0 Å². The van der Waals surface area contributed by atoms with E-state index in [-0.39, 0.29) is 41.2 Å². The number of carbonyl (C=O) groups is 2. The highest BCUT2D eigenvalue weighted by Gasteiger charge is 2.31. The molecule has 0 fully saturated rings. The number of nitrogens with zero attached hydrogens (tertiary/aromatic N) is 1. The number of alkyl halides is 3. The maximum absolute atomic E-state index is 12.4. The fourth-order valence-electron chi connectivity index (χ4n) is 1.49. The topological polar surface area (TPSA) is 129 Å². The van der Waals surface area contributed by atoms with Crippen LogP contribution in [0.1, 0.15) is 20.8 Å². The molecule has 1 aromatic heterocycles. The Hall–Kier alpha value is -2.31. The number of thioether (sulfide) groups is 1. The number of hydrogen-bond acceptors (Lipinski definition) is 7. The lowest BCUT2D eigenvalue weighted by atomic mass is 10.1. The zero-order valence-electron chi connectivity index (χ0n) is 15.9. The fraction of sp³-hybridized carbons (Fsp3) is 0.471. The summed E-state index contributed by atoms with van der Waals surface area (Å²) >= 11 is -0.288. The number of aliphatic hydroxyl groups is 1. The minimum atomic E-state index is -4.41. The predicted octanol–water partition coefficient (Wildman–Crippen LogP) is 2.53. The second kappa shape index (κ2) is 12.3. The number of carboxylic acids is 2. The van der Waals surface area contributed by atoms with Gasteiger partial charge in [-0.05, 0) is 44.7 Å². The molecule has 1 aromatic rings. The number of aromatic nitrogens is 1. The molecule has 4 N–H and O–H groups in total. The van der Waals surface area contributed by atoms with Gasteiger partial charge in [-0.1, -0.05) is 0 Å². The van der Waals surface area contributed by atoms with Crippen LogP contribution in [0, 0.1) is 0 Å². The Bertz CT molecular complexity index is 676. The molecule has 0 aliphatic carbocycles. The molecule has 8 nitrogen and oxygen atoms in total. The van der Waals surface area contributed by atoms with Gasteiger partial charge in [0, 0.05) is 30.4 Å². The quantitative estimate of drug-likeness (QED) is 0.356. The number of rotatable bonds is 8. The third kappa shape index (κ3) is 16.4. The van der Waals surface area contributed by atoms with Gasteiger partial charge in [-0.2, -0.15) is 13.2 Å². The number of aliphatic carboxylic acids is 2. The Labute approximate surface area is 169 Å². The number of β-amino-alcohol motifs (C(OH)–C–C–N with tert-alkyl or cyclic N) is 1. The van der Waals surface area contributed by atoms with E-state index in [4.69, 9.17) is 14.9 Å². The summed E-state index contributed by atoms with van der Waals surface area (Å²) in [5.41, 5.74) is -4.57. The largest absolute Gasteiger partial charge is 0.478 e. The number of nitrogens with one attached hydrogen (secondary N) is 1. The van der Waals surface area contributed by atoms with Crippen molar-refractivity contribution < 1.29 is 42.8 Å². The highest BCUT2D eigenvalue weighted by Crippen LogP contribution is 2.40. The van der Waals surface area contributed by atoms with Crippen LogP contribution >= 0.6 is 11.8 Å². The lowest BCUT2D eigenvalue weighted by Crippen LogP contribution is -2.42. The summed E-state index contributed by atoms with van der Waals surface area (Å²) in [4.78, 5) is 22.8. The Kier molecular flexibility index (Phi) is 11.3. The summed E-state index contributed by atoms with van der Waals surface area (Å²) in [7, 11) is 0. The molecular formula is C17H23F3N2O6S. The number of pyridine rings is 1. The Morgan fingerprint density at radius 1 is 1.24 bits per heavy atom. The van der Waals surface area contributed by atoms with Gasteiger partial charge in [0.1, 0.15) is 12.7 Å². The predicted molar refractivity (Wildman–Crippen MR) is 99.8 cm³/mol. The molecule has 0 aliphatic heterocycles. The van der Waals surface area contributed by atoms with E-state index in [9.17, 15) is 27.9 Å². The second-order valence-corrected chi connectivity index (χ2v) is 7.57. The van der Waals surface area contributed by atoms with Crippen LogP contribution in [-0.4, -0.2) is 62.5 Å². The maximum Gasteiger partial charge on any atom is 0.446 e. The zero-order chi connectivity index (χ0) is 22.7. The third-order valence-corrected chi connectivity index (χ3v) is 3.37. The van der Waals surface area contributed by atoms with Crippen molar-refractivity contribution in [2.45, 2.75) is 42.8 Å². The summed E-state index contributed by atoms with van der Waals surface area (Å²) in [6.45, 7) is 5.97. The molecule has 0 aromatic carbocycles.